The molecule has 0 aromatic heterocycles. The van der Waals surface area contributed by atoms with Crippen LogP contribution in [0.1, 0.15) is 26.7 Å². The number of ether oxygens (including phenoxy) is 1. The SMILES string of the molecule is C=CCOC(=O)CC.CCC(=O)OOC. The van der Waals surface area contributed by atoms with E-state index >= 15 is 0 Å². The molecule has 0 aliphatic carbocycles. The average Bonchev–Trinajstić information content (AvgIpc) is 2.26. The lowest BCUT2D eigenvalue weighted by Gasteiger charge is -1.94. The highest BCUT2D eigenvalue weighted by molar-refractivity contribution is 5.68. The molecule has 0 aliphatic rings. The maximum Gasteiger partial charge on any atom is 0.342 e. The van der Waals surface area contributed by atoms with Gasteiger partial charge in [-0.2, -0.15) is 4.89 Å². The monoisotopic (exact) mass is 218 g/mol. The Hall–Kier alpha value is -1.36. The van der Waals surface area contributed by atoms with E-state index in [0.29, 0.717) is 19.4 Å². The summed E-state index contributed by atoms with van der Waals surface area (Å²) in [6.45, 7) is 7.17. The molecule has 5 nitrogen and oxygen atoms in total. The van der Waals surface area contributed by atoms with E-state index in [2.05, 4.69) is 21.1 Å². The molecule has 0 heterocycles. The summed E-state index contributed by atoms with van der Waals surface area (Å²) in [5.74, 6) is -0.521. The van der Waals surface area contributed by atoms with Crippen molar-refractivity contribution in [3.63, 3.8) is 0 Å². The molecule has 5 heteroatoms. The Balaban J connectivity index is 0. The van der Waals surface area contributed by atoms with E-state index < -0.39 is 0 Å². The van der Waals surface area contributed by atoms with Gasteiger partial charge in [0.2, 0.25) is 0 Å². The first-order valence-corrected chi connectivity index (χ1v) is 4.62. The minimum absolute atomic E-state index is 0.176. The van der Waals surface area contributed by atoms with Crippen molar-refractivity contribution < 1.29 is 24.1 Å². The van der Waals surface area contributed by atoms with Crippen molar-refractivity contribution in [1.29, 1.82) is 0 Å². The molecule has 0 N–H and O–H groups in total. The summed E-state index contributed by atoms with van der Waals surface area (Å²) in [5.41, 5.74) is 0. The molecule has 0 fully saturated rings. The van der Waals surface area contributed by atoms with Crippen molar-refractivity contribution in [2.24, 2.45) is 0 Å². The van der Waals surface area contributed by atoms with Crippen LogP contribution in [-0.2, 0) is 24.1 Å². The van der Waals surface area contributed by atoms with E-state index in [1.54, 1.807) is 19.9 Å². The zero-order chi connectivity index (χ0) is 12.1. The topological polar surface area (TPSA) is 61.8 Å². The Morgan fingerprint density at radius 1 is 1.20 bits per heavy atom. The Kier molecular flexibility index (Phi) is 13.6. The van der Waals surface area contributed by atoms with E-state index in [-0.39, 0.29) is 11.9 Å². The van der Waals surface area contributed by atoms with Crippen molar-refractivity contribution >= 4 is 11.9 Å². The fourth-order valence-electron chi connectivity index (χ4n) is 0.406. The number of hydrogen-bond donors (Lipinski definition) is 0. The zero-order valence-electron chi connectivity index (χ0n) is 9.45. The molecule has 0 bridgehead atoms. The van der Waals surface area contributed by atoms with Crippen LogP contribution < -0.4 is 0 Å². The highest BCUT2D eigenvalue weighted by Crippen LogP contribution is 1.82. The molecule has 0 aliphatic heterocycles. The highest BCUT2D eigenvalue weighted by atomic mass is 17.2. The lowest BCUT2D eigenvalue weighted by atomic mass is 10.5. The summed E-state index contributed by atoms with van der Waals surface area (Å²) in [5, 5.41) is 0. The second-order valence-corrected chi connectivity index (χ2v) is 2.30. The van der Waals surface area contributed by atoms with Gasteiger partial charge in [-0.15, -0.1) is 0 Å². The van der Waals surface area contributed by atoms with Gasteiger partial charge in [-0.25, -0.2) is 4.79 Å². The molecule has 0 saturated heterocycles. The Labute approximate surface area is 89.9 Å². The van der Waals surface area contributed by atoms with E-state index in [9.17, 15) is 9.59 Å². The standard InChI is InChI=1S/C6H10O2.C4H8O3/c1-3-5-8-6(7)4-2;1-3-4(5)7-6-2/h3H,1,4-5H2,2H3;3H2,1-2H3. The second-order valence-electron chi connectivity index (χ2n) is 2.30. The molecule has 0 atom stereocenters. The first-order valence-electron chi connectivity index (χ1n) is 4.62. The van der Waals surface area contributed by atoms with E-state index in [4.69, 9.17) is 0 Å². The van der Waals surface area contributed by atoms with Crippen molar-refractivity contribution in [2.45, 2.75) is 26.7 Å². The fourth-order valence-corrected chi connectivity index (χ4v) is 0.406. The summed E-state index contributed by atoms with van der Waals surface area (Å²) in [6.07, 6.45) is 2.34. The van der Waals surface area contributed by atoms with Gasteiger partial charge in [0.1, 0.15) is 6.61 Å². The normalized spacial score (nSPS) is 8.20. The van der Waals surface area contributed by atoms with Gasteiger partial charge >= 0.3 is 11.9 Å². The van der Waals surface area contributed by atoms with Crippen LogP contribution in [0.15, 0.2) is 12.7 Å². The molecule has 0 amide bonds. The molecule has 0 radical (unpaired) electrons. The number of esters is 1. The maximum atomic E-state index is 10.3. The predicted octanol–water partition coefficient (Wildman–Crippen LogP) is 1.63. The van der Waals surface area contributed by atoms with Crippen LogP contribution in [-0.4, -0.2) is 25.7 Å². The van der Waals surface area contributed by atoms with Gasteiger partial charge in [0, 0.05) is 12.8 Å². The van der Waals surface area contributed by atoms with Gasteiger partial charge in [-0.1, -0.05) is 26.5 Å². The highest BCUT2D eigenvalue weighted by Gasteiger charge is 1.93. The summed E-state index contributed by atoms with van der Waals surface area (Å²) in [6, 6.07) is 0. The van der Waals surface area contributed by atoms with E-state index in [0.717, 1.165) is 0 Å². The minimum Gasteiger partial charge on any atom is -0.461 e. The smallest absolute Gasteiger partial charge is 0.342 e. The molecule has 0 rings (SSSR count). The Morgan fingerprint density at radius 2 is 1.73 bits per heavy atom. The number of rotatable bonds is 5. The van der Waals surface area contributed by atoms with E-state index in [1.165, 1.54) is 7.11 Å². The molecule has 0 aromatic carbocycles. The van der Waals surface area contributed by atoms with Crippen LogP contribution in [0.5, 0.6) is 0 Å². The molecule has 0 saturated carbocycles. The Bertz CT molecular complexity index is 188. The van der Waals surface area contributed by atoms with Crippen LogP contribution >= 0.6 is 0 Å². The zero-order valence-corrected chi connectivity index (χ0v) is 9.45. The fraction of sp³-hybridized carbons (Fsp3) is 0.600. The van der Waals surface area contributed by atoms with E-state index in [1.807, 2.05) is 0 Å². The molecule has 88 valence electrons. The van der Waals surface area contributed by atoms with Crippen LogP contribution in [0.25, 0.3) is 0 Å². The van der Waals surface area contributed by atoms with Gasteiger partial charge < -0.3 is 4.74 Å². The molecule has 0 aromatic rings. The first-order chi connectivity index (χ1) is 7.12. The number of hydrogen-bond acceptors (Lipinski definition) is 5. The minimum atomic E-state index is -0.345. The van der Waals surface area contributed by atoms with Crippen LogP contribution in [0, 0.1) is 0 Å². The lowest BCUT2D eigenvalue weighted by molar-refractivity contribution is -0.254. The van der Waals surface area contributed by atoms with Crippen molar-refractivity contribution in [2.75, 3.05) is 13.7 Å². The predicted molar refractivity (Wildman–Crippen MR) is 54.8 cm³/mol. The summed E-state index contributed by atoms with van der Waals surface area (Å²) in [4.78, 5) is 28.5. The number of carbonyl (C=O) groups excluding carboxylic acids is 2. The summed E-state index contributed by atoms with van der Waals surface area (Å²) in [7, 11) is 1.30. The van der Waals surface area contributed by atoms with Gasteiger partial charge in [-0.05, 0) is 0 Å². The number of carbonyl (C=O) groups is 2. The first kappa shape index (κ1) is 16.1. The van der Waals surface area contributed by atoms with Crippen LogP contribution in [0.2, 0.25) is 0 Å². The van der Waals surface area contributed by atoms with Gasteiger partial charge in [0.05, 0.1) is 7.11 Å². The van der Waals surface area contributed by atoms with Crippen LogP contribution in [0.3, 0.4) is 0 Å². The molecule has 15 heavy (non-hydrogen) atoms. The van der Waals surface area contributed by atoms with Crippen molar-refractivity contribution in [1.82, 2.24) is 0 Å². The molecular formula is C10H18O5. The largest absolute Gasteiger partial charge is 0.461 e. The van der Waals surface area contributed by atoms with Crippen molar-refractivity contribution in [3.8, 4) is 0 Å². The average molecular weight is 218 g/mol. The second kappa shape index (κ2) is 12.6. The van der Waals surface area contributed by atoms with Crippen LogP contribution in [0.4, 0.5) is 0 Å². The maximum absolute atomic E-state index is 10.3. The third-order valence-electron chi connectivity index (χ3n) is 1.12. The lowest BCUT2D eigenvalue weighted by Crippen LogP contribution is -2.00. The summed E-state index contributed by atoms with van der Waals surface area (Å²) >= 11 is 0. The molecular weight excluding hydrogens is 200 g/mol. The van der Waals surface area contributed by atoms with Gasteiger partial charge in [-0.3, -0.25) is 9.68 Å². The Morgan fingerprint density at radius 3 is 2.00 bits per heavy atom. The third kappa shape index (κ3) is 15.4. The van der Waals surface area contributed by atoms with Crippen molar-refractivity contribution in [3.05, 3.63) is 12.7 Å². The van der Waals surface area contributed by atoms with Gasteiger partial charge in [0.15, 0.2) is 0 Å². The van der Waals surface area contributed by atoms with Gasteiger partial charge in [0.25, 0.3) is 0 Å². The quantitative estimate of drug-likeness (QED) is 0.304. The molecule has 0 spiro atoms. The molecule has 0 unspecified atom stereocenters. The third-order valence-corrected chi connectivity index (χ3v) is 1.12. The summed E-state index contributed by atoms with van der Waals surface area (Å²) < 4.78 is 4.58.